The van der Waals surface area contributed by atoms with Crippen molar-refractivity contribution in [2.24, 2.45) is 5.92 Å². The van der Waals surface area contributed by atoms with Crippen LogP contribution in [0.25, 0.3) is 0 Å². The number of ketones is 1. The minimum Gasteiger partial charge on any atom is -0.508 e. The standard InChI is InChI=1S/C30H24O3S/c31-25-18-16-21(17-19-25)20-26-28(32)27(29(33)34-26)30(22-10-4-1-5-11-22,23-12-6-2-7-13-23)24-14-8-3-9-15-24/h1-19,26-27,31H,20H2. The summed E-state index contributed by atoms with van der Waals surface area (Å²) in [6, 6.07) is 36.5. The molecule has 2 atom stereocenters. The lowest BCUT2D eigenvalue weighted by Crippen LogP contribution is -2.44. The zero-order valence-corrected chi connectivity index (χ0v) is 19.3. The summed E-state index contributed by atoms with van der Waals surface area (Å²) in [6.45, 7) is 0. The Morgan fingerprint density at radius 2 is 1.09 bits per heavy atom. The molecule has 1 N–H and O–H groups in total. The van der Waals surface area contributed by atoms with Crippen molar-refractivity contribution in [3.63, 3.8) is 0 Å². The molecule has 2 unspecified atom stereocenters. The molecule has 5 rings (SSSR count). The van der Waals surface area contributed by atoms with Gasteiger partial charge in [-0.2, -0.15) is 0 Å². The average Bonchev–Trinajstić information content (AvgIpc) is 3.16. The highest BCUT2D eigenvalue weighted by Gasteiger charge is 2.56. The van der Waals surface area contributed by atoms with Gasteiger partial charge < -0.3 is 5.11 Å². The van der Waals surface area contributed by atoms with E-state index in [1.807, 2.05) is 91.0 Å². The molecule has 34 heavy (non-hydrogen) atoms. The van der Waals surface area contributed by atoms with Crippen LogP contribution in [0.3, 0.4) is 0 Å². The zero-order chi connectivity index (χ0) is 23.5. The van der Waals surface area contributed by atoms with Crippen LogP contribution in [-0.2, 0) is 21.4 Å². The highest BCUT2D eigenvalue weighted by atomic mass is 32.2. The number of phenolic OH excluding ortho intramolecular Hbond substituents is 1. The molecule has 1 aliphatic rings. The fraction of sp³-hybridized carbons (Fsp3) is 0.133. The molecule has 0 saturated carbocycles. The summed E-state index contributed by atoms with van der Waals surface area (Å²) in [6.07, 6.45) is 0.445. The number of carbonyl (C=O) groups is 2. The minimum atomic E-state index is -0.936. The van der Waals surface area contributed by atoms with Crippen molar-refractivity contribution in [1.29, 1.82) is 0 Å². The molecule has 4 aromatic rings. The zero-order valence-electron chi connectivity index (χ0n) is 18.5. The molecule has 4 heteroatoms. The van der Waals surface area contributed by atoms with Crippen LogP contribution in [-0.4, -0.2) is 21.3 Å². The van der Waals surface area contributed by atoms with Gasteiger partial charge in [-0.25, -0.2) is 0 Å². The van der Waals surface area contributed by atoms with Crippen molar-refractivity contribution in [3.05, 3.63) is 138 Å². The van der Waals surface area contributed by atoms with Crippen LogP contribution >= 0.6 is 11.8 Å². The maximum Gasteiger partial charge on any atom is 0.201 e. The summed E-state index contributed by atoms with van der Waals surface area (Å²) in [5.41, 5.74) is 2.75. The molecular formula is C30H24O3S. The first-order chi connectivity index (χ1) is 16.6. The summed E-state index contributed by atoms with van der Waals surface area (Å²) in [5.74, 6) is -0.731. The van der Waals surface area contributed by atoms with E-state index in [2.05, 4.69) is 0 Å². The van der Waals surface area contributed by atoms with E-state index >= 15 is 0 Å². The van der Waals surface area contributed by atoms with Crippen molar-refractivity contribution in [3.8, 4) is 5.75 Å². The van der Waals surface area contributed by atoms with Crippen LogP contribution in [0.4, 0.5) is 0 Å². The third-order valence-electron chi connectivity index (χ3n) is 6.57. The summed E-state index contributed by atoms with van der Waals surface area (Å²) in [7, 11) is 0. The molecule has 1 heterocycles. The smallest absolute Gasteiger partial charge is 0.201 e. The highest BCUT2D eigenvalue weighted by Crippen LogP contribution is 2.51. The van der Waals surface area contributed by atoms with Gasteiger partial charge in [-0.3, -0.25) is 9.59 Å². The van der Waals surface area contributed by atoms with E-state index in [4.69, 9.17) is 0 Å². The van der Waals surface area contributed by atoms with Crippen LogP contribution in [0, 0.1) is 5.92 Å². The van der Waals surface area contributed by atoms with E-state index in [1.165, 1.54) is 0 Å². The highest BCUT2D eigenvalue weighted by molar-refractivity contribution is 8.15. The van der Waals surface area contributed by atoms with E-state index in [-0.39, 0.29) is 16.6 Å². The first kappa shape index (κ1) is 22.2. The molecule has 1 saturated heterocycles. The van der Waals surface area contributed by atoms with Gasteiger partial charge in [0.15, 0.2) is 5.78 Å². The maximum atomic E-state index is 14.1. The summed E-state index contributed by atoms with van der Waals surface area (Å²) < 4.78 is 0. The molecule has 0 bridgehead atoms. The lowest BCUT2D eigenvalue weighted by molar-refractivity contribution is -0.128. The number of rotatable bonds is 6. The van der Waals surface area contributed by atoms with Crippen molar-refractivity contribution < 1.29 is 14.7 Å². The Balaban J connectivity index is 1.68. The Morgan fingerprint density at radius 3 is 1.53 bits per heavy atom. The van der Waals surface area contributed by atoms with Crippen molar-refractivity contribution in [2.45, 2.75) is 17.1 Å². The van der Waals surface area contributed by atoms with Gasteiger partial charge in [0.25, 0.3) is 0 Å². The lowest BCUT2D eigenvalue weighted by Gasteiger charge is -2.39. The van der Waals surface area contributed by atoms with Gasteiger partial charge >= 0.3 is 0 Å². The molecular weight excluding hydrogens is 440 g/mol. The molecule has 0 aliphatic carbocycles. The van der Waals surface area contributed by atoms with E-state index in [0.717, 1.165) is 34.0 Å². The Morgan fingerprint density at radius 1 is 0.647 bits per heavy atom. The molecule has 1 aliphatic heterocycles. The van der Waals surface area contributed by atoms with Crippen molar-refractivity contribution >= 4 is 22.7 Å². The maximum absolute atomic E-state index is 14.1. The predicted octanol–water partition coefficient (Wildman–Crippen LogP) is 5.80. The van der Waals surface area contributed by atoms with Crippen molar-refractivity contribution in [1.82, 2.24) is 0 Å². The Labute approximate surface area is 203 Å². The van der Waals surface area contributed by atoms with E-state index in [9.17, 15) is 14.7 Å². The monoisotopic (exact) mass is 464 g/mol. The van der Waals surface area contributed by atoms with Gasteiger partial charge in [0.05, 0.1) is 10.7 Å². The van der Waals surface area contributed by atoms with E-state index in [1.54, 1.807) is 24.3 Å². The normalized spacial score (nSPS) is 18.2. The second kappa shape index (κ2) is 9.32. The number of hydrogen-bond donors (Lipinski definition) is 1. The van der Waals surface area contributed by atoms with Crippen molar-refractivity contribution in [2.75, 3.05) is 0 Å². The summed E-state index contributed by atoms with van der Waals surface area (Å²) >= 11 is 1.14. The molecule has 4 aromatic carbocycles. The molecule has 168 valence electrons. The second-order valence-corrected chi connectivity index (χ2v) is 9.74. The van der Waals surface area contributed by atoms with Gasteiger partial charge in [-0.05, 0) is 40.8 Å². The predicted molar refractivity (Wildman–Crippen MR) is 136 cm³/mol. The number of aromatic hydroxyl groups is 1. The number of carbonyl (C=O) groups excluding carboxylic acids is 2. The fourth-order valence-corrected chi connectivity index (χ4v) is 6.29. The number of Topliss-reactive ketones (excluding diaryl/α,β-unsaturated/α-hetero) is 1. The Kier molecular flexibility index (Phi) is 6.08. The first-order valence-corrected chi connectivity index (χ1v) is 12.2. The number of phenols is 1. The van der Waals surface area contributed by atoms with Gasteiger partial charge in [-0.15, -0.1) is 0 Å². The largest absolute Gasteiger partial charge is 0.508 e. The lowest BCUT2D eigenvalue weighted by atomic mass is 9.60. The minimum absolute atomic E-state index is 0.0559. The number of hydrogen-bond acceptors (Lipinski definition) is 4. The van der Waals surface area contributed by atoms with Crippen LogP contribution in [0.15, 0.2) is 115 Å². The van der Waals surface area contributed by atoms with Gasteiger partial charge in [0.2, 0.25) is 5.12 Å². The Bertz CT molecular complexity index is 1190. The number of benzene rings is 4. The van der Waals surface area contributed by atoms with Gasteiger partial charge in [0, 0.05) is 0 Å². The molecule has 3 nitrogen and oxygen atoms in total. The SMILES string of the molecule is O=C1SC(Cc2ccc(O)cc2)C(=O)C1C(c1ccccc1)(c1ccccc1)c1ccccc1. The molecule has 0 amide bonds. The van der Waals surface area contributed by atoms with Crippen LogP contribution in [0.1, 0.15) is 22.3 Å². The van der Waals surface area contributed by atoms with E-state index < -0.39 is 16.6 Å². The molecule has 1 fully saturated rings. The fourth-order valence-electron chi connectivity index (χ4n) is 5.05. The number of thioether (sulfide) groups is 1. The van der Waals surface area contributed by atoms with Gasteiger partial charge in [0.1, 0.15) is 11.7 Å². The Hall–Kier alpha value is -3.63. The molecule has 0 aromatic heterocycles. The third kappa shape index (κ3) is 3.84. The average molecular weight is 465 g/mol. The summed E-state index contributed by atoms with van der Waals surface area (Å²) in [4.78, 5) is 27.8. The third-order valence-corrected chi connectivity index (χ3v) is 7.73. The summed E-state index contributed by atoms with van der Waals surface area (Å²) in [5, 5.41) is 9.03. The molecule has 0 radical (unpaired) electrons. The van der Waals surface area contributed by atoms with Crippen LogP contribution < -0.4 is 0 Å². The van der Waals surface area contributed by atoms with Crippen LogP contribution in [0.2, 0.25) is 0 Å². The van der Waals surface area contributed by atoms with Gasteiger partial charge in [-0.1, -0.05) is 115 Å². The topological polar surface area (TPSA) is 54.4 Å². The molecule has 0 spiro atoms. The van der Waals surface area contributed by atoms with Crippen LogP contribution in [0.5, 0.6) is 5.75 Å². The second-order valence-electron chi connectivity index (χ2n) is 8.54. The van der Waals surface area contributed by atoms with E-state index in [0.29, 0.717) is 6.42 Å². The first-order valence-electron chi connectivity index (χ1n) is 11.3. The quantitative estimate of drug-likeness (QED) is 0.290.